The highest BCUT2D eigenvalue weighted by molar-refractivity contribution is 6.08. The molecule has 0 saturated heterocycles. The Labute approximate surface area is 118 Å². The standard InChI is InChI=1S/C18H18O2/c1-3-6-12(2)18(19)13-9-10-17-15(11-13)14-7-4-5-8-16(14)20-17/h4-5,7-12H,3,6H2,1-2H3. The maximum atomic E-state index is 12.4. The van der Waals surface area contributed by atoms with E-state index in [9.17, 15) is 4.79 Å². The van der Waals surface area contributed by atoms with Crippen LogP contribution in [0.3, 0.4) is 0 Å². The van der Waals surface area contributed by atoms with E-state index in [0.29, 0.717) is 0 Å². The van der Waals surface area contributed by atoms with Gasteiger partial charge in [0.15, 0.2) is 5.78 Å². The van der Waals surface area contributed by atoms with Crippen molar-refractivity contribution in [3.8, 4) is 0 Å². The normalized spacial score (nSPS) is 12.9. The SMILES string of the molecule is CCCC(C)C(=O)c1ccc2oc3ccccc3c2c1. The number of rotatable bonds is 4. The van der Waals surface area contributed by atoms with Gasteiger partial charge < -0.3 is 4.42 Å². The molecule has 0 aliphatic rings. The molecule has 2 aromatic carbocycles. The van der Waals surface area contributed by atoms with Crippen LogP contribution >= 0.6 is 0 Å². The molecule has 1 heterocycles. The molecule has 0 fully saturated rings. The van der Waals surface area contributed by atoms with Gasteiger partial charge >= 0.3 is 0 Å². The van der Waals surface area contributed by atoms with Gasteiger partial charge in [0.2, 0.25) is 0 Å². The fourth-order valence-electron chi connectivity index (χ4n) is 2.73. The average molecular weight is 266 g/mol. The summed E-state index contributed by atoms with van der Waals surface area (Å²) in [6.45, 7) is 4.11. The van der Waals surface area contributed by atoms with Gasteiger partial charge in [-0.25, -0.2) is 0 Å². The van der Waals surface area contributed by atoms with Crippen LogP contribution in [0.1, 0.15) is 37.0 Å². The third-order valence-electron chi connectivity index (χ3n) is 3.83. The molecule has 0 saturated carbocycles. The zero-order chi connectivity index (χ0) is 14.1. The predicted octanol–water partition coefficient (Wildman–Crippen LogP) is 5.20. The molecule has 102 valence electrons. The Morgan fingerprint density at radius 3 is 2.65 bits per heavy atom. The van der Waals surface area contributed by atoms with Crippen molar-refractivity contribution in [3.63, 3.8) is 0 Å². The summed E-state index contributed by atoms with van der Waals surface area (Å²) in [5.74, 6) is 0.301. The van der Waals surface area contributed by atoms with Gasteiger partial charge in [0.1, 0.15) is 11.2 Å². The maximum Gasteiger partial charge on any atom is 0.165 e. The third kappa shape index (κ3) is 2.11. The Hall–Kier alpha value is -2.09. The van der Waals surface area contributed by atoms with Crippen molar-refractivity contribution in [1.29, 1.82) is 0 Å². The number of hydrogen-bond donors (Lipinski definition) is 0. The Balaban J connectivity index is 2.10. The summed E-state index contributed by atoms with van der Waals surface area (Å²) < 4.78 is 5.78. The summed E-state index contributed by atoms with van der Waals surface area (Å²) in [5, 5.41) is 2.09. The number of carbonyl (C=O) groups is 1. The molecule has 2 heteroatoms. The minimum atomic E-state index is 0.0793. The lowest BCUT2D eigenvalue weighted by molar-refractivity contribution is 0.0923. The van der Waals surface area contributed by atoms with Gasteiger partial charge in [0.05, 0.1) is 0 Å². The number of para-hydroxylation sites is 1. The van der Waals surface area contributed by atoms with Crippen LogP contribution in [0.5, 0.6) is 0 Å². The van der Waals surface area contributed by atoms with E-state index in [4.69, 9.17) is 4.42 Å². The monoisotopic (exact) mass is 266 g/mol. The lowest BCUT2D eigenvalue weighted by atomic mass is 9.94. The fourth-order valence-corrected chi connectivity index (χ4v) is 2.73. The molecule has 0 aliphatic heterocycles. The number of benzene rings is 2. The summed E-state index contributed by atoms with van der Waals surface area (Å²) in [5.41, 5.74) is 2.49. The quantitative estimate of drug-likeness (QED) is 0.607. The Kier molecular flexibility index (Phi) is 3.31. The molecule has 1 unspecified atom stereocenters. The van der Waals surface area contributed by atoms with Crippen LogP contribution < -0.4 is 0 Å². The van der Waals surface area contributed by atoms with E-state index in [2.05, 4.69) is 6.92 Å². The number of furan rings is 1. The van der Waals surface area contributed by atoms with Gasteiger partial charge in [-0.05, 0) is 30.7 Å². The van der Waals surface area contributed by atoms with E-state index >= 15 is 0 Å². The number of hydrogen-bond acceptors (Lipinski definition) is 2. The minimum absolute atomic E-state index is 0.0793. The van der Waals surface area contributed by atoms with Crippen molar-refractivity contribution in [3.05, 3.63) is 48.0 Å². The largest absolute Gasteiger partial charge is 0.456 e. The van der Waals surface area contributed by atoms with Gasteiger partial charge in [-0.2, -0.15) is 0 Å². The summed E-state index contributed by atoms with van der Waals surface area (Å²) >= 11 is 0. The molecular formula is C18H18O2. The third-order valence-corrected chi connectivity index (χ3v) is 3.83. The smallest absolute Gasteiger partial charge is 0.165 e. The zero-order valence-electron chi connectivity index (χ0n) is 11.8. The minimum Gasteiger partial charge on any atom is -0.456 e. The highest BCUT2D eigenvalue weighted by Crippen LogP contribution is 2.29. The van der Waals surface area contributed by atoms with Crippen LogP contribution in [0, 0.1) is 5.92 Å². The average Bonchev–Trinajstić information content (AvgIpc) is 2.84. The molecule has 20 heavy (non-hydrogen) atoms. The molecule has 1 atom stereocenters. The van der Waals surface area contributed by atoms with Crippen molar-refractivity contribution in [1.82, 2.24) is 0 Å². The molecule has 1 aromatic heterocycles. The molecule has 0 aliphatic carbocycles. The van der Waals surface area contributed by atoms with Gasteiger partial charge in [0, 0.05) is 22.3 Å². The van der Waals surface area contributed by atoms with Crippen molar-refractivity contribution in [2.24, 2.45) is 5.92 Å². The lowest BCUT2D eigenvalue weighted by Crippen LogP contribution is -2.10. The topological polar surface area (TPSA) is 30.2 Å². The molecule has 3 rings (SSSR count). The maximum absolute atomic E-state index is 12.4. The van der Waals surface area contributed by atoms with Crippen molar-refractivity contribution < 1.29 is 9.21 Å². The molecule has 0 radical (unpaired) electrons. The van der Waals surface area contributed by atoms with Crippen LogP contribution in [0.25, 0.3) is 21.9 Å². The predicted molar refractivity (Wildman–Crippen MR) is 82.1 cm³/mol. The lowest BCUT2D eigenvalue weighted by Gasteiger charge is -2.08. The first kappa shape index (κ1) is 12.9. The van der Waals surface area contributed by atoms with E-state index < -0.39 is 0 Å². The first-order chi connectivity index (χ1) is 9.70. The van der Waals surface area contributed by atoms with Crippen molar-refractivity contribution in [2.45, 2.75) is 26.7 Å². The van der Waals surface area contributed by atoms with Gasteiger partial charge in [-0.15, -0.1) is 0 Å². The fraction of sp³-hybridized carbons (Fsp3) is 0.278. The molecular weight excluding hydrogens is 248 g/mol. The van der Waals surface area contributed by atoms with Crippen molar-refractivity contribution in [2.75, 3.05) is 0 Å². The molecule has 3 aromatic rings. The van der Waals surface area contributed by atoms with E-state index in [1.54, 1.807) is 0 Å². The van der Waals surface area contributed by atoms with Crippen LogP contribution in [0.2, 0.25) is 0 Å². The second-order valence-electron chi connectivity index (χ2n) is 5.36. The van der Waals surface area contributed by atoms with Crippen molar-refractivity contribution >= 4 is 27.7 Å². The van der Waals surface area contributed by atoms with E-state index in [1.807, 2.05) is 49.4 Å². The molecule has 0 bridgehead atoms. The highest BCUT2D eigenvalue weighted by Gasteiger charge is 2.16. The van der Waals surface area contributed by atoms with E-state index in [1.165, 1.54) is 0 Å². The first-order valence-electron chi connectivity index (χ1n) is 7.16. The molecule has 0 N–H and O–H groups in total. The van der Waals surface area contributed by atoms with Gasteiger partial charge in [-0.3, -0.25) is 4.79 Å². The van der Waals surface area contributed by atoms with E-state index in [0.717, 1.165) is 40.3 Å². The zero-order valence-corrected chi connectivity index (χ0v) is 11.8. The Morgan fingerprint density at radius 1 is 1.10 bits per heavy atom. The number of fused-ring (bicyclic) bond motifs is 3. The van der Waals surface area contributed by atoms with Gasteiger partial charge in [-0.1, -0.05) is 38.5 Å². The van der Waals surface area contributed by atoms with E-state index in [-0.39, 0.29) is 11.7 Å². The number of carbonyl (C=O) groups excluding carboxylic acids is 1. The molecule has 0 spiro atoms. The Bertz CT molecular complexity index is 767. The molecule has 0 amide bonds. The Morgan fingerprint density at radius 2 is 1.85 bits per heavy atom. The molecule has 2 nitrogen and oxygen atoms in total. The van der Waals surface area contributed by atoms with Crippen LogP contribution in [0.15, 0.2) is 46.9 Å². The van der Waals surface area contributed by atoms with Crippen LogP contribution in [-0.2, 0) is 0 Å². The number of Topliss-reactive ketones (excluding diaryl/α,β-unsaturated/α-hetero) is 1. The second-order valence-corrected chi connectivity index (χ2v) is 5.36. The summed E-state index contributed by atoms with van der Waals surface area (Å²) in [6, 6.07) is 13.7. The summed E-state index contributed by atoms with van der Waals surface area (Å²) in [7, 11) is 0. The summed E-state index contributed by atoms with van der Waals surface area (Å²) in [6.07, 6.45) is 1.97. The second kappa shape index (κ2) is 5.12. The number of ketones is 1. The summed E-state index contributed by atoms with van der Waals surface area (Å²) in [4.78, 5) is 12.4. The van der Waals surface area contributed by atoms with Crippen LogP contribution in [0.4, 0.5) is 0 Å². The van der Waals surface area contributed by atoms with Crippen LogP contribution in [-0.4, -0.2) is 5.78 Å². The highest BCUT2D eigenvalue weighted by atomic mass is 16.3. The van der Waals surface area contributed by atoms with Gasteiger partial charge in [0.25, 0.3) is 0 Å². The first-order valence-corrected chi connectivity index (χ1v) is 7.16.